The minimum atomic E-state index is -0.999. The van der Waals surface area contributed by atoms with E-state index in [0.29, 0.717) is 5.69 Å². The Labute approximate surface area is 74.8 Å². The Balaban J connectivity index is 3.12. The molecule has 0 aliphatic heterocycles. The number of nitrogens with zero attached hydrogens (tertiary/aromatic N) is 1. The first-order valence-corrected chi connectivity index (χ1v) is 9.53. The molecule has 11 heavy (non-hydrogen) atoms. The molecule has 0 amide bonds. The van der Waals surface area contributed by atoms with Gasteiger partial charge in [0.05, 0.1) is 0 Å². The Kier molecular flexibility index (Phi) is 2.87. The Hall–Kier alpha value is -0.581. The first kappa shape index (κ1) is 8.51. The van der Waals surface area contributed by atoms with E-state index in [1.165, 1.54) is 0 Å². The SMILES string of the molecule is [CH3][SnH2][c]1ccccc1[N+](=O)[O-]. The fraction of sp³-hybridized carbons (Fsp3) is 0.143. The summed E-state index contributed by atoms with van der Waals surface area (Å²) in [6, 6.07) is 7.02. The van der Waals surface area contributed by atoms with E-state index in [0.717, 1.165) is 3.58 Å². The van der Waals surface area contributed by atoms with Crippen LogP contribution < -0.4 is 3.58 Å². The summed E-state index contributed by atoms with van der Waals surface area (Å²) in [6.45, 7) is 0. The van der Waals surface area contributed by atoms with Gasteiger partial charge in [0, 0.05) is 0 Å². The summed E-state index contributed by atoms with van der Waals surface area (Å²) < 4.78 is 0.999. The number of para-hydroxylation sites is 1. The predicted octanol–water partition coefficient (Wildman–Crippen LogP) is 0.437. The summed E-state index contributed by atoms with van der Waals surface area (Å²) in [7, 11) is 0. The van der Waals surface area contributed by atoms with Crippen LogP contribution in [0.4, 0.5) is 5.69 Å². The molecule has 0 saturated heterocycles. The summed E-state index contributed by atoms with van der Waals surface area (Å²) >= 11 is -0.999. The molecular formula is C7H9NO2Sn. The number of nitro groups is 1. The van der Waals surface area contributed by atoms with Gasteiger partial charge >= 0.3 is 74.7 Å². The van der Waals surface area contributed by atoms with Crippen LogP contribution in [0.3, 0.4) is 0 Å². The third kappa shape index (κ3) is 1.92. The number of benzene rings is 1. The molecule has 0 spiro atoms. The maximum absolute atomic E-state index is 10.4. The van der Waals surface area contributed by atoms with Gasteiger partial charge in [0.1, 0.15) is 0 Å². The second kappa shape index (κ2) is 3.71. The van der Waals surface area contributed by atoms with Crippen molar-refractivity contribution in [2.24, 2.45) is 0 Å². The van der Waals surface area contributed by atoms with Crippen LogP contribution in [0.25, 0.3) is 0 Å². The van der Waals surface area contributed by atoms with Gasteiger partial charge in [-0.15, -0.1) is 0 Å². The molecule has 0 aliphatic carbocycles. The minimum absolute atomic E-state index is 0.296. The zero-order valence-electron chi connectivity index (χ0n) is 6.28. The fourth-order valence-corrected chi connectivity index (χ4v) is 3.79. The summed E-state index contributed by atoms with van der Waals surface area (Å²) in [5.74, 6) is 0. The van der Waals surface area contributed by atoms with E-state index in [2.05, 4.69) is 4.94 Å². The summed E-state index contributed by atoms with van der Waals surface area (Å²) in [6.07, 6.45) is 0. The van der Waals surface area contributed by atoms with E-state index in [1.54, 1.807) is 12.1 Å². The molecule has 1 aromatic rings. The first-order chi connectivity index (χ1) is 5.25. The molecule has 1 rings (SSSR count). The van der Waals surface area contributed by atoms with Gasteiger partial charge in [-0.2, -0.15) is 0 Å². The van der Waals surface area contributed by atoms with Crippen LogP contribution in [0.5, 0.6) is 0 Å². The number of rotatable bonds is 2. The normalized spacial score (nSPS) is 10.6. The molecule has 0 saturated carbocycles. The molecule has 58 valence electrons. The summed E-state index contributed by atoms with van der Waals surface area (Å²) in [5, 5.41) is 10.4. The molecule has 0 N–H and O–H groups in total. The molecule has 0 radical (unpaired) electrons. The van der Waals surface area contributed by atoms with Crippen molar-refractivity contribution in [2.45, 2.75) is 4.94 Å². The quantitative estimate of drug-likeness (QED) is 0.438. The third-order valence-corrected chi connectivity index (χ3v) is 5.45. The van der Waals surface area contributed by atoms with Crippen molar-refractivity contribution in [3.05, 3.63) is 34.4 Å². The number of hydrogen-bond donors (Lipinski definition) is 0. The topological polar surface area (TPSA) is 43.1 Å². The van der Waals surface area contributed by atoms with Crippen molar-refractivity contribution < 1.29 is 4.92 Å². The molecule has 0 fully saturated rings. The van der Waals surface area contributed by atoms with E-state index < -0.39 is 21.1 Å². The number of hydrogen-bond acceptors (Lipinski definition) is 2. The molecule has 0 atom stereocenters. The average Bonchev–Trinajstić information content (AvgIpc) is 2.04. The zero-order valence-corrected chi connectivity index (χ0v) is 10.3. The Morgan fingerprint density at radius 2 is 2.09 bits per heavy atom. The molecule has 0 aliphatic rings. The van der Waals surface area contributed by atoms with Crippen molar-refractivity contribution in [3.63, 3.8) is 0 Å². The Morgan fingerprint density at radius 1 is 1.45 bits per heavy atom. The van der Waals surface area contributed by atoms with E-state index in [-0.39, 0.29) is 4.92 Å². The van der Waals surface area contributed by atoms with Gasteiger partial charge in [-0.25, -0.2) is 0 Å². The van der Waals surface area contributed by atoms with Gasteiger partial charge in [-0.05, 0) is 0 Å². The van der Waals surface area contributed by atoms with Crippen LogP contribution in [-0.4, -0.2) is 26.1 Å². The van der Waals surface area contributed by atoms with Crippen molar-refractivity contribution in [1.82, 2.24) is 0 Å². The van der Waals surface area contributed by atoms with Gasteiger partial charge in [0.2, 0.25) is 0 Å². The van der Waals surface area contributed by atoms with Gasteiger partial charge in [0.25, 0.3) is 0 Å². The van der Waals surface area contributed by atoms with E-state index >= 15 is 0 Å². The first-order valence-electron chi connectivity index (χ1n) is 3.48. The molecule has 0 heterocycles. The monoisotopic (exact) mass is 259 g/mol. The third-order valence-electron chi connectivity index (χ3n) is 1.57. The Bertz CT molecular complexity index is 275. The zero-order chi connectivity index (χ0) is 8.27. The summed E-state index contributed by atoms with van der Waals surface area (Å²) in [5.41, 5.74) is 0.311. The van der Waals surface area contributed by atoms with Crippen LogP contribution in [-0.2, 0) is 0 Å². The molecule has 3 nitrogen and oxygen atoms in total. The van der Waals surface area contributed by atoms with E-state index in [4.69, 9.17) is 0 Å². The predicted molar refractivity (Wildman–Crippen MR) is 47.1 cm³/mol. The average molecular weight is 258 g/mol. The molecule has 0 unspecified atom stereocenters. The fourth-order valence-electron chi connectivity index (χ4n) is 0.988. The summed E-state index contributed by atoms with van der Waals surface area (Å²) in [4.78, 5) is 12.2. The van der Waals surface area contributed by atoms with Crippen molar-refractivity contribution in [2.75, 3.05) is 0 Å². The molecule has 0 aromatic heterocycles. The van der Waals surface area contributed by atoms with Crippen molar-refractivity contribution in [3.8, 4) is 0 Å². The van der Waals surface area contributed by atoms with Crippen LogP contribution in [0.2, 0.25) is 4.94 Å². The molecule has 4 heteroatoms. The standard InChI is InChI=1S/C6H4NO2.CH3.Sn.2H/c8-7(9)6-4-2-1-3-5-6;;;;/h1-4H;1H3;;;. The second-order valence-electron chi connectivity index (χ2n) is 2.24. The van der Waals surface area contributed by atoms with Crippen molar-refractivity contribution in [1.29, 1.82) is 0 Å². The van der Waals surface area contributed by atoms with Crippen molar-refractivity contribution >= 4 is 30.4 Å². The van der Waals surface area contributed by atoms with Crippen LogP contribution >= 0.6 is 0 Å². The van der Waals surface area contributed by atoms with E-state index in [1.807, 2.05) is 12.1 Å². The van der Waals surface area contributed by atoms with Crippen LogP contribution in [0, 0.1) is 10.1 Å². The number of nitro benzene ring substituents is 1. The maximum atomic E-state index is 10.4. The van der Waals surface area contributed by atoms with Gasteiger partial charge in [0.15, 0.2) is 0 Å². The Morgan fingerprint density at radius 3 is 2.55 bits per heavy atom. The van der Waals surface area contributed by atoms with Gasteiger partial charge in [-0.1, -0.05) is 0 Å². The van der Waals surface area contributed by atoms with Crippen LogP contribution in [0.15, 0.2) is 24.3 Å². The van der Waals surface area contributed by atoms with Gasteiger partial charge < -0.3 is 0 Å². The van der Waals surface area contributed by atoms with E-state index in [9.17, 15) is 10.1 Å². The molecule has 1 aromatic carbocycles. The second-order valence-corrected chi connectivity index (χ2v) is 6.43. The van der Waals surface area contributed by atoms with Crippen LogP contribution in [0.1, 0.15) is 0 Å². The molecule has 0 bridgehead atoms. The molecular weight excluding hydrogens is 249 g/mol. The van der Waals surface area contributed by atoms with Gasteiger partial charge in [-0.3, -0.25) is 0 Å².